The summed E-state index contributed by atoms with van der Waals surface area (Å²) in [6, 6.07) is 8.27. The standard InChI is InChI=1S/C10H11ClS/c1-8(7-11)9-3-5-10(12-2)6-4-9/h3-6H,1,7H2,2H3. The van der Waals surface area contributed by atoms with Gasteiger partial charge in [0, 0.05) is 10.8 Å². The lowest BCUT2D eigenvalue weighted by atomic mass is 10.1. The van der Waals surface area contributed by atoms with Crippen LogP contribution in [0.4, 0.5) is 0 Å². The predicted octanol–water partition coefficient (Wildman–Crippen LogP) is 3.66. The van der Waals surface area contributed by atoms with E-state index in [1.54, 1.807) is 11.8 Å². The molecule has 0 saturated carbocycles. The van der Waals surface area contributed by atoms with Crippen LogP contribution in [0.3, 0.4) is 0 Å². The minimum atomic E-state index is 0.499. The molecule has 0 aliphatic heterocycles. The van der Waals surface area contributed by atoms with Crippen LogP contribution in [0.2, 0.25) is 0 Å². The van der Waals surface area contributed by atoms with E-state index in [1.807, 2.05) is 0 Å². The maximum Gasteiger partial charge on any atom is 0.0474 e. The van der Waals surface area contributed by atoms with Gasteiger partial charge in [0.25, 0.3) is 0 Å². The molecular weight excluding hydrogens is 188 g/mol. The number of hydrogen-bond acceptors (Lipinski definition) is 1. The van der Waals surface area contributed by atoms with Crippen LogP contribution in [0.25, 0.3) is 5.57 Å². The van der Waals surface area contributed by atoms with Gasteiger partial charge in [-0.3, -0.25) is 0 Å². The first kappa shape index (κ1) is 9.69. The normalized spacial score (nSPS) is 9.83. The number of benzene rings is 1. The molecule has 2 heteroatoms. The highest BCUT2D eigenvalue weighted by Gasteiger charge is 1.96. The third kappa shape index (κ3) is 2.29. The van der Waals surface area contributed by atoms with E-state index < -0.39 is 0 Å². The minimum absolute atomic E-state index is 0.499. The highest BCUT2D eigenvalue weighted by molar-refractivity contribution is 7.98. The molecule has 0 saturated heterocycles. The second-order valence-electron chi connectivity index (χ2n) is 2.47. The van der Waals surface area contributed by atoms with Crippen LogP contribution in [0.1, 0.15) is 5.56 Å². The Bertz CT molecular complexity index is 264. The molecule has 64 valence electrons. The van der Waals surface area contributed by atoms with Crippen LogP contribution in [-0.4, -0.2) is 12.1 Å². The van der Waals surface area contributed by atoms with E-state index in [0.717, 1.165) is 11.1 Å². The molecule has 1 aromatic carbocycles. The largest absolute Gasteiger partial charge is 0.130 e. The summed E-state index contributed by atoms with van der Waals surface area (Å²) >= 11 is 7.39. The first-order chi connectivity index (χ1) is 5.77. The van der Waals surface area contributed by atoms with Gasteiger partial charge in [0.15, 0.2) is 0 Å². The SMILES string of the molecule is C=C(CCl)c1ccc(SC)cc1. The van der Waals surface area contributed by atoms with E-state index in [0.29, 0.717) is 5.88 Å². The van der Waals surface area contributed by atoms with Gasteiger partial charge < -0.3 is 0 Å². The lowest BCUT2D eigenvalue weighted by Crippen LogP contribution is -1.82. The Morgan fingerprint density at radius 2 is 2.00 bits per heavy atom. The fourth-order valence-electron chi connectivity index (χ4n) is 0.904. The Balaban J connectivity index is 2.84. The van der Waals surface area contributed by atoms with E-state index in [2.05, 4.69) is 37.1 Å². The highest BCUT2D eigenvalue weighted by Crippen LogP contribution is 2.19. The van der Waals surface area contributed by atoms with Crippen molar-refractivity contribution in [2.75, 3.05) is 12.1 Å². The molecule has 0 aromatic heterocycles. The molecule has 0 nitrogen and oxygen atoms in total. The van der Waals surface area contributed by atoms with Crippen molar-refractivity contribution < 1.29 is 0 Å². The summed E-state index contributed by atoms with van der Waals surface area (Å²) < 4.78 is 0. The van der Waals surface area contributed by atoms with Crippen molar-refractivity contribution in [2.45, 2.75) is 4.90 Å². The Labute approximate surface area is 82.6 Å². The van der Waals surface area contributed by atoms with Crippen molar-refractivity contribution in [3.63, 3.8) is 0 Å². The number of hydrogen-bond donors (Lipinski definition) is 0. The van der Waals surface area contributed by atoms with Crippen molar-refractivity contribution >= 4 is 28.9 Å². The van der Waals surface area contributed by atoms with Crippen molar-refractivity contribution in [1.82, 2.24) is 0 Å². The van der Waals surface area contributed by atoms with Crippen LogP contribution < -0.4 is 0 Å². The zero-order valence-electron chi connectivity index (χ0n) is 7.01. The average molecular weight is 199 g/mol. The van der Waals surface area contributed by atoms with Crippen LogP contribution in [0.15, 0.2) is 35.7 Å². The van der Waals surface area contributed by atoms with E-state index in [-0.39, 0.29) is 0 Å². The van der Waals surface area contributed by atoms with Gasteiger partial charge in [-0.2, -0.15) is 0 Å². The van der Waals surface area contributed by atoms with Gasteiger partial charge in [-0.1, -0.05) is 18.7 Å². The smallest absolute Gasteiger partial charge is 0.0474 e. The fraction of sp³-hybridized carbons (Fsp3) is 0.200. The summed E-state index contributed by atoms with van der Waals surface area (Å²) in [5.41, 5.74) is 2.10. The number of alkyl halides is 1. The van der Waals surface area contributed by atoms with Gasteiger partial charge in [-0.05, 0) is 29.5 Å². The summed E-state index contributed by atoms with van der Waals surface area (Å²) in [6.45, 7) is 3.86. The maximum absolute atomic E-state index is 5.66. The third-order valence-corrected chi connectivity index (χ3v) is 2.73. The zero-order valence-corrected chi connectivity index (χ0v) is 8.58. The molecule has 0 radical (unpaired) electrons. The van der Waals surface area contributed by atoms with Crippen LogP contribution in [-0.2, 0) is 0 Å². The third-order valence-electron chi connectivity index (χ3n) is 1.66. The molecule has 0 amide bonds. The summed E-state index contributed by atoms with van der Waals surface area (Å²) in [4.78, 5) is 1.26. The highest BCUT2D eigenvalue weighted by atomic mass is 35.5. The molecule has 12 heavy (non-hydrogen) atoms. The molecule has 0 bridgehead atoms. The molecule has 0 aliphatic carbocycles. The van der Waals surface area contributed by atoms with Crippen molar-refractivity contribution in [1.29, 1.82) is 0 Å². The summed E-state index contributed by atoms with van der Waals surface area (Å²) in [5, 5.41) is 0. The van der Waals surface area contributed by atoms with Gasteiger partial charge in [0.1, 0.15) is 0 Å². The monoisotopic (exact) mass is 198 g/mol. The number of thioether (sulfide) groups is 1. The zero-order chi connectivity index (χ0) is 8.97. The van der Waals surface area contributed by atoms with Gasteiger partial charge >= 0.3 is 0 Å². The van der Waals surface area contributed by atoms with Crippen LogP contribution >= 0.6 is 23.4 Å². The van der Waals surface area contributed by atoms with Crippen LogP contribution in [0, 0.1) is 0 Å². The molecule has 0 aliphatic rings. The number of allylic oxidation sites excluding steroid dienone is 1. The Morgan fingerprint density at radius 1 is 1.42 bits per heavy atom. The van der Waals surface area contributed by atoms with Gasteiger partial charge in [0.05, 0.1) is 0 Å². The van der Waals surface area contributed by atoms with E-state index in [9.17, 15) is 0 Å². The maximum atomic E-state index is 5.66. The predicted molar refractivity (Wildman–Crippen MR) is 58.0 cm³/mol. The average Bonchev–Trinajstić information content (AvgIpc) is 2.17. The van der Waals surface area contributed by atoms with E-state index in [4.69, 9.17) is 11.6 Å². The molecule has 1 aromatic rings. The Morgan fingerprint density at radius 3 is 2.42 bits per heavy atom. The van der Waals surface area contributed by atoms with Crippen molar-refractivity contribution in [3.8, 4) is 0 Å². The van der Waals surface area contributed by atoms with Gasteiger partial charge in [-0.15, -0.1) is 23.4 Å². The first-order valence-electron chi connectivity index (χ1n) is 3.66. The van der Waals surface area contributed by atoms with Crippen LogP contribution in [0.5, 0.6) is 0 Å². The molecular formula is C10H11ClS. The molecule has 0 unspecified atom stereocenters. The first-order valence-corrected chi connectivity index (χ1v) is 5.42. The second-order valence-corrected chi connectivity index (χ2v) is 3.61. The lowest BCUT2D eigenvalue weighted by molar-refractivity contribution is 1.43. The second kappa shape index (κ2) is 4.58. The lowest BCUT2D eigenvalue weighted by Gasteiger charge is -2.01. The summed E-state index contributed by atoms with van der Waals surface area (Å²) in [6.07, 6.45) is 2.06. The quantitative estimate of drug-likeness (QED) is 0.528. The van der Waals surface area contributed by atoms with Gasteiger partial charge in [-0.25, -0.2) is 0 Å². The fourth-order valence-corrected chi connectivity index (χ4v) is 1.47. The molecule has 0 N–H and O–H groups in total. The van der Waals surface area contributed by atoms with Crippen molar-refractivity contribution in [3.05, 3.63) is 36.4 Å². The number of rotatable bonds is 3. The molecule has 0 atom stereocenters. The van der Waals surface area contributed by atoms with E-state index in [1.165, 1.54) is 4.90 Å². The summed E-state index contributed by atoms with van der Waals surface area (Å²) in [7, 11) is 0. The Kier molecular flexibility index (Phi) is 3.70. The minimum Gasteiger partial charge on any atom is -0.130 e. The topological polar surface area (TPSA) is 0 Å². The number of halogens is 1. The van der Waals surface area contributed by atoms with E-state index >= 15 is 0 Å². The van der Waals surface area contributed by atoms with Gasteiger partial charge in [0.2, 0.25) is 0 Å². The molecule has 0 fully saturated rings. The molecule has 0 spiro atoms. The molecule has 0 heterocycles. The van der Waals surface area contributed by atoms with Crippen molar-refractivity contribution in [2.24, 2.45) is 0 Å². The Hall–Kier alpha value is -0.400. The molecule has 1 rings (SSSR count). The summed E-state index contributed by atoms with van der Waals surface area (Å²) in [5.74, 6) is 0.499.